The lowest BCUT2D eigenvalue weighted by Crippen LogP contribution is -2.75. The van der Waals surface area contributed by atoms with Crippen molar-refractivity contribution in [1.82, 2.24) is 15.1 Å². The van der Waals surface area contributed by atoms with Gasteiger partial charge in [0.2, 0.25) is 11.8 Å². The second kappa shape index (κ2) is 12.1. The van der Waals surface area contributed by atoms with E-state index in [9.17, 15) is 14.4 Å². The summed E-state index contributed by atoms with van der Waals surface area (Å²) in [6.45, 7) is 8.84. The Bertz CT molecular complexity index is 852. The molecule has 0 bridgehead atoms. The molecule has 0 aromatic heterocycles. The van der Waals surface area contributed by atoms with E-state index in [1.165, 1.54) is 0 Å². The quantitative estimate of drug-likeness (QED) is 0.379. The molecular weight excluding hydrogens is 432 g/mol. The van der Waals surface area contributed by atoms with Crippen LogP contribution in [-0.4, -0.2) is 71.4 Å². The van der Waals surface area contributed by atoms with E-state index in [0.29, 0.717) is 32.2 Å². The van der Waals surface area contributed by atoms with E-state index >= 15 is 0 Å². The highest BCUT2D eigenvalue weighted by Gasteiger charge is 2.54. The fourth-order valence-electron chi connectivity index (χ4n) is 4.92. The van der Waals surface area contributed by atoms with Crippen molar-refractivity contribution >= 4 is 17.8 Å². The molecule has 1 aromatic carbocycles. The van der Waals surface area contributed by atoms with Gasteiger partial charge in [0, 0.05) is 38.6 Å². The Labute approximate surface area is 202 Å². The van der Waals surface area contributed by atoms with Crippen LogP contribution in [0.15, 0.2) is 43.0 Å². The highest BCUT2D eigenvalue weighted by molar-refractivity contribution is 6.00. The number of nitrogens with zero attached hydrogens (tertiary/aromatic N) is 2. The minimum Gasteiger partial charge on any atom is -0.461 e. The van der Waals surface area contributed by atoms with Gasteiger partial charge in [-0.2, -0.15) is 0 Å². The monoisotopic (exact) mass is 470 g/mol. The summed E-state index contributed by atoms with van der Waals surface area (Å²) in [5.41, 5.74) is 6.49. The van der Waals surface area contributed by atoms with Crippen molar-refractivity contribution in [2.24, 2.45) is 5.73 Å². The Morgan fingerprint density at radius 1 is 1.29 bits per heavy atom. The minimum atomic E-state index is -0.803. The minimum absolute atomic E-state index is 0.110. The first-order valence-corrected chi connectivity index (χ1v) is 12.3. The Hall–Kier alpha value is -2.71. The number of hydrogen-bond acceptors (Lipinski definition) is 6. The number of nitrogens with two attached hydrogens (primary N) is 1. The van der Waals surface area contributed by atoms with E-state index in [0.717, 1.165) is 31.6 Å². The lowest BCUT2D eigenvalue weighted by molar-refractivity contribution is -0.161. The van der Waals surface area contributed by atoms with E-state index in [1.807, 2.05) is 43.3 Å². The molecule has 3 N–H and O–H groups in total. The maximum Gasteiger partial charge on any atom is 0.306 e. The molecule has 8 heteroatoms. The van der Waals surface area contributed by atoms with Gasteiger partial charge in [0.05, 0.1) is 0 Å². The molecule has 1 spiro atoms. The lowest BCUT2D eigenvalue weighted by atomic mass is 9.80. The Morgan fingerprint density at radius 3 is 2.65 bits per heavy atom. The standard InChI is InChI=1S/C26H38N4O4/c1-3-15-29-17-13-26(14-18-29)25(33)28-23(24(32)30(26)16-4-2)21(27)11-8-12-22(31)34-19-20-9-6-5-7-10-20/h3,5-7,9-10,21,23H,1,4,8,11-19,27H2,2H3,(H,28,33)/t21?,23-/m0/s1. The number of ether oxygens (including phenoxy) is 1. The van der Waals surface area contributed by atoms with Gasteiger partial charge < -0.3 is 20.7 Å². The summed E-state index contributed by atoms with van der Waals surface area (Å²) in [5.74, 6) is -0.521. The molecule has 2 saturated heterocycles. The van der Waals surface area contributed by atoms with Crippen LogP contribution in [0.5, 0.6) is 0 Å². The first kappa shape index (κ1) is 25.9. The molecule has 186 valence electrons. The highest BCUT2D eigenvalue weighted by atomic mass is 16.5. The first-order chi connectivity index (χ1) is 16.4. The number of carbonyl (C=O) groups is 3. The van der Waals surface area contributed by atoms with E-state index in [-0.39, 0.29) is 30.8 Å². The van der Waals surface area contributed by atoms with Crippen LogP contribution in [0.3, 0.4) is 0 Å². The molecule has 2 aliphatic rings. The molecule has 2 fully saturated rings. The summed E-state index contributed by atoms with van der Waals surface area (Å²) in [6.07, 6.45) is 4.99. The third-order valence-electron chi connectivity index (χ3n) is 6.86. The van der Waals surface area contributed by atoms with Gasteiger partial charge in [-0.05, 0) is 37.7 Å². The molecule has 3 rings (SSSR count). The SMILES string of the molecule is C=CCN1CCC2(CC1)C(=O)N[C@@H](C(N)CCCC(=O)OCc1ccccc1)C(=O)N2CCC. The number of likely N-dealkylation sites (tertiary alicyclic amines) is 1. The van der Waals surface area contributed by atoms with Crippen LogP contribution in [0.2, 0.25) is 0 Å². The number of rotatable bonds is 11. The van der Waals surface area contributed by atoms with Gasteiger partial charge in [-0.1, -0.05) is 43.3 Å². The van der Waals surface area contributed by atoms with Crippen molar-refractivity contribution in [3.8, 4) is 0 Å². The number of piperazine rings is 1. The predicted octanol–water partition coefficient (Wildman–Crippen LogP) is 1.99. The van der Waals surface area contributed by atoms with Crippen LogP contribution in [0, 0.1) is 0 Å². The van der Waals surface area contributed by atoms with Gasteiger partial charge in [0.15, 0.2) is 0 Å². The smallest absolute Gasteiger partial charge is 0.306 e. The van der Waals surface area contributed by atoms with Crippen LogP contribution < -0.4 is 11.1 Å². The fourth-order valence-corrected chi connectivity index (χ4v) is 4.92. The van der Waals surface area contributed by atoms with E-state index < -0.39 is 17.6 Å². The van der Waals surface area contributed by atoms with E-state index in [2.05, 4.69) is 16.8 Å². The zero-order valence-electron chi connectivity index (χ0n) is 20.2. The second-order valence-electron chi connectivity index (χ2n) is 9.26. The normalized spacial score (nSPS) is 21.2. The molecular formula is C26H38N4O4. The van der Waals surface area contributed by atoms with Crippen LogP contribution >= 0.6 is 0 Å². The van der Waals surface area contributed by atoms with Crippen LogP contribution in [-0.2, 0) is 25.7 Å². The van der Waals surface area contributed by atoms with Gasteiger partial charge in [0.25, 0.3) is 0 Å². The average Bonchev–Trinajstić information content (AvgIpc) is 2.85. The van der Waals surface area contributed by atoms with Crippen molar-refractivity contribution in [1.29, 1.82) is 0 Å². The Kier molecular flexibility index (Phi) is 9.24. The zero-order valence-corrected chi connectivity index (χ0v) is 20.2. The molecule has 2 aliphatic heterocycles. The number of piperidine rings is 1. The zero-order chi connectivity index (χ0) is 24.6. The predicted molar refractivity (Wildman–Crippen MR) is 131 cm³/mol. The molecule has 2 heterocycles. The summed E-state index contributed by atoms with van der Waals surface area (Å²) in [4.78, 5) is 42.9. The Morgan fingerprint density at radius 2 is 2.00 bits per heavy atom. The number of amides is 2. The lowest BCUT2D eigenvalue weighted by Gasteiger charge is -2.52. The van der Waals surface area contributed by atoms with Crippen molar-refractivity contribution < 1.29 is 19.1 Å². The maximum atomic E-state index is 13.4. The number of esters is 1. The summed E-state index contributed by atoms with van der Waals surface area (Å²) in [5, 5.41) is 2.94. The average molecular weight is 471 g/mol. The highest BCUT2D eigenvalue weighted by Crippen LogP contribution is 2.33. The molecule has 34 heavy (non-hydrogen) atoms. The molecule has 0 saturated carbocycles. The van der Waals surface area contributed by atoms with E-state index in [1.54, 1.807) is 4.90 Å². The molecule has 0 aliphatic carbocycles. The van der Waals surface area contributed by atoms with Gasteiger partial charge in [-0.15, -0.1) is 6.58 Å². The van der Waals surface area contributed by atoms with Gasteiger partial charge in [-0.25, -0.2) is 0 Å². The van der Waals surface area contributed by atoms with Crippen LogP contribution in [0.4, 0.5) is 0 Å². The number of hydrogen-bond donors (Lipinski definition) is 2. The topological polar surface area (TPSA) is 105 Å². The molecule has 2 amide bonds. The maximum absolute atomic E-state index is 13.4. The second-order valence-corrected chi connectivity index (χ2v) is 9.26. The van der Waals surface area contributed by atoms with Crippen molar-refractivity contribution in [2.45, 2.75) is 69.7 Å². The molecule has 1 unspecified atom stereocenters. The Balaban J connectivity index is 1.53. The summed E-state index contributed by atoms with van der Waals surface area (Å²) < 4.78 is 5.31. The molecule has 1 aromatic rings. The van der Waals surface area contributed by atoms with Crippen LogP contribution in [0.25, 0.3) is 0 Å². The first-order valence-electron chi connectivity index (χ1n) is 12.3. The summed E-state index contributed by atoms with van der Waals surface area (Å²) in [7, 11) is 0. The summed E-state index contributed by atoms with van der Waals surface area (Å²) >= 11 is 0. The van der Waals surface area contributed by atoms with Crippen molar-refractivity contribution in [3.05, 3.63) is 48.6 Å². The number of nitrogens with one attached hydrogen (secondary N) is 1. The largest absolute Gasteiger partial charge is 0.461 e. The van der Waals surface area contributed by atoms with Gasteiger partial charge >= 0.3 is 5.97 Å². The number of benzene rings is 1. The third-order valence-corrected chi connectivity index (χ3v) is 6.86. The fraction of sp³-hybridized carbons (Fsp3) is 0.577. The summed E-state index contributed by atoms with van der Waals surface area (Å²) in [6, 6.07) is 8.18. The van der Waals surface area contributed by atoms with Crippen LogP contribution in [0.1, 0.15) is 51.0 Å². The third kappa shape index (κ3) is 6.04. The molecule has 8 nitrogen and oxygen atoms in total. The molecule has 2 atom stereocenters. The van der Waals surface area contributed by atoms with Crippen molar-refractivity contribution in [3.63, 3.8) is 0 Å². The molecule has 0 radical (unpaired) electrons. The van der Waals surface area contributed by atoms with Gasteiger partial charge in [0.1, 0.15) is 18.2 Å². The number of carbonyl (C=O) groups excluding carboxylic acids is 3. The van der Waals surface area contributed by atoms with Crippen molar-refractivity contribution in [2.75, 3.05) is 26.2 Å². The van der Waals surface area contributed by atoms with Gasteiger partial charge in [-0.3, -0.25) is 19.3 Å². The van der Waals surface area contributed by atoms with E-state index in [4.69, 9.17) is 10.5 Å².